The molecule has 0 saturated carbocycles. The summed E-state index contributed by atoms with van der Waals surface area (Å²) in [5.74, 6) is -0.0522. The number of nitrogens with zero attached hydrogens (tertiary/aromatic N) is 2. The molecule has 7 nitrogen and oxygen atoms in total. The number of carbonyl (C=O) groups is 1. The summed E-state index contributed by atoms with van der Waals surface area (Å²) in [6.07, 6.45) is 0. The van der Waals surface area contributed by atoms with Crippen molar-refractivity contribution in [2.75, 3.05) is 18.0 Å². The summed E-state index contributed by atoms with van der Waals surface area (Å²) < 4.78 is 32.7. The number of hydrazone groups is 1. The average molecular weight is 452 g/mol. The van der Waals surface area contributed by atoms with Gasteiger partial charge in [0, 0.05) is 16.1 Å². The molecule has 0 radical (unpaired) electrons. The van der Waals surface area contributed by atoms with Crippen LogP contribution in [0.15, 0.2) is 58.5 Å². The van der Waals surface area contributed by atoms with Gasteiger partial charge in [0.2, 0.25) is 0 Å². The lowest BCUT2D eigenvalue weighted by Gasteiger charge is -2.24. The Bertz CT molecular complexity index is 1030. The second-order valence-electron chi connectivity index (χ2n) is 7.65. The summed E-state index contributed by atoms with van der Waals surface area (Å²) in [5.41, 5.74) is 3.19. The minimum atomic E-state index is -4.05. The van der Waals surface area contributed by atoms with E-state index in [2.05, 4.69) is 10.5 Å². The van der Waals surface area contributed by atoms with Crippen molar-refractivity contribution < 1.29 is 17.9 Å². The summed E-state index contributed by atoms with van der Waals surface area (Å²) in [7, 11) is -2.56. The second kappa shape index (κ2) is 9.49. The molecule has 0 aliphatic rings. The lowest BCUT2D eigenvalue weighted by atomic mass is 9.91. The van der Waals surface area contributed by atoms with Crippen LogP contribution in [0.2, 0.25) is 5.02 Å². The van der Waals surface area contributed by atoms with Gasteiger partial charge in [0.05, 0.1) is 17.7 Å². The van der Waals surface area contributed by atoms with Gasteiger partial charge in [0.25, 0.3) is 15.9 Å². The Morgan fingerprint density at radius 3 is 2.33 bits per heavy atom. The van der Waals surface area contributed by atoms with Gasteiger partial charge >= 0.3 is 0 Å². The Morgan fingerprint density at radius 2 is 1.80 bits per heavy atom. The van der Waals surface area contributed by atoms with Crippen molar-refractivity contribution in [1.82, 2.24) is 5.43 Å². The number of halogens is 1. The van der Waals surface area contributed by atoms with Crippen LogP contribution in [0.5, 0.6) is 5.75 Å². The SMILES string of the molecule is COc1ccc(S(=O)(=O)N(CC(=O)N/N=C(/C)C(C)(C)C)c2cccc(Cl)c2)cc1. The summed E-state index contributed by atoms with van der Waals surface area (Å²) in [5, 5.41) is 4.44. The molecule has 0 atom stereocenters. The van der Waals surface area contributed by atoms with Gasteiger partial charge in [0.1, 0.15) is 12.3 Å². The topological polar surface area (TPSA) is 88.1 Å². The van der Waals surface area contributed by atoms with E-state index in [1.165, 1.54) is 25.3 Å². The van der Waals surface area contributed by atoms with E-state index in [9.17, 15) is 13.2 Å². The summed E-state index contributed by atoms with van der Waals surface area (Å²) in [6.45, 7) is 7.22. The Morgan fingerprint density at radius 1 is 1.17 bits per heavy atom. The van der Waals surface area contributed by atoms with Crippen molar-refractivity contribution in [1.29, 1.82) is 0 Å². The Hall–Kier alpha value is -2.58. The van der Waals surface area contributed by atoms with E-state index in [0.717, 1.165) is 4.31 Å². The van der Waals surface area contributed by atoms with E-state index >= 15 is 0 Å². The smallest absolute Gasteiger partial charge is 0.264 e. The van der Waals surface area contributed by atoms with Gasteiger partial charge in [-0.1, -0.05) is 38.4 Å². The largest absolute Gasteiger partial charge is 0.497 e. The van der Waals surface area contributed by atoms with E-state index < -0.39 is 22.5 Å². The molecule has 1 amide bonds. The summed E-state index contributed by atoms with van der Waals surface area (Å²) in [6, 6.07) is 12.2. The number of carbonyl (C=O) groups excluding carboxylic acids is 1. The molecular formula is C21H26ClN3O4S. The van der Waals surface area contributed by atoms with E-state index in [1.54, 1.807) is 37.3 Å². The first-order valence-corrected chi connectivity index (χ1v) is 11.0. The number of nitrogens with one attached hydrogen (secondary N) is 1. The predicted molar refractivity (Wildman–Crippen MR) is 120 cm³/mol. The molecule has 2 aromatic rings. The van der Waals surface area contributed by atoms with Crippen LogP contribution < -0.4 is 14.5 Å². The maximum Gasteiger partial charge on any atom is 0.264 e. The maximum absolute atomic E-state index is 13.3. The van der Waals surface area contributed by atoms with Crippen LogP contribution in [-0.2, 0) is 14.8 Å². The zero-order valence-corrected chi connectivity index (χ0v) is 19.2. The molecule has 2 rings (SSSR count). The monoisotopic (exact) mass is 451 g/mol. The molecule has 1 N–H and O–H groups in total. The fourth-order valence-corrected chi connectivity index (χ4v) is 3.90. The highest BCUT2D eigenvalue weighted by Gasteiger charge is 2.27. The van der Waals surface area contributed by atoms with Crippen LogP contribution in [0.25, 0.3) is 0 Å². The molecule has 2 aromatic carbocycles. The molecule has 30 heavy (non-hydrogen) atoms. The highest BCUT2D eigenvalue weighted by Crippen LogP contribution is 2.27. The maximum atomic E-state index is 13.3. The van der Waals surface area contributed by atoms with Gasteiger partial charge < -0.3 is 4.74 Å². The fraction of sp³-hybridized carbons (Fsp3) is 0.333. The van der Waals surface area contributed by atoms with Crippen molar-refractivity contribution in [2.45, 2.75) is 32.6 Å². The van der Waals surface area contributed by atoms with Gasteiger partial charge in [-0.15, -0.1) is 0 Å². The predicted octanol–water partition coefficient (Wildman–Crippen LogP) is 4.08. The van der Waals surface area contributed by atoms with Crippen molar-refractivity contribution in [3.05, 3.63) is 53.6 Å². The Labute approximate surface area is 182 Å². The first kappa shape index (κ1) is 23.7. The van der Waals surface area contributed by atoms with Crippen molar-refractivity contribution >= 4 is 38.9 Å². The number of ether oxygens (including phenoxy) is 1. The highest BCUT2D eigenvalue weighted by atomic mass is 35.5. The fourth-order valence-electron chi connectivity index (χ4n) is 2.30. The molecule has 0 aromatic heterocycles. The molecule has 9 heteroatoms. The minimum absolute atomic E-state index is 0.0189. The van der Waals surface area contributed by atoms with Crippen molar-refractivity contribution in [3.63, 3.8) is 0 Å². The zero-order valence-electron chi connectivity index (χ0n) is 17.6. The number of sulfonamides is 1. The van der Waals surface area contributed by atoms with E-state index in [-0.39, 0.29) is 16.0 Å². The first-order valence-electron chi connectivity index (χ1n) is 9.21. The van der Waals surface area contributed by atoms with Crippen LogP contribution in [-0.4, -0.2) is 33.7 Å². The summed E-state index contributed by atoms with van der Waals surface area (Å²) in [4.78, 5) is 12.6. The van der Waals surface area contributed by atoms with Crippen LogP contribution >= 0.6 is 11.6 Å². The molecule has 0 aliphatic carbocycles. The van der Waals surface area contributed by atoms with Crippen molar-refractivity contribution in [2.24, 2.45) is 10.5 Å². The third kappa shape index (κ3) is 5.96. The molecule has 0 fully saturated rings. The third-order valence-electron chi connectivity index (χ3n) is 4.46. The normalized spacial score (nSPS) is 12.4. The van der Waals surface area contributed by atoms with Crippen LogP contribution in [0.1, 0.15) is 27.7 Å². The number of methoxy groups -OCH3 is 1. The average Bonchev–Trinajstić information content (AvgIpc) is 2.69. The molecule has 0 aliphatic heterocycles. The van der Waals surface area contributed by atoms with E-state index in [0.29, 0.717) is 16.5 Å². The van der Waals surface area contributed by atoms with Gasteiger partial charge in [-0.2, -0.15) is 5.10 Å². The molecule has 0 saturated heterocycles. The number of amides is 1. The molecule has 0 heterocycles. The quantitative estimate of drug-likeness (QED) is 0.507. The molecule has 0 bridgehead atoms. The minimum Gasteiger partial charge on any atom is -0.497 e. The van der Waals surface area contributed by atoms with E-state index in [1.807, 2.05) is 20.8 Å². The van der Waals surface area contributed by atoms with Crippen LogP contribution in [0.4, 0.5) is 5.69 Å². The standard InChI is InChI=1S/C21H26ClN3O4S/c1-15(21(2,3)4)23-24-20(26)14-25(17-8-6-7-16(22)13-17)30(27,28)19-11-9-18(29-5)10-12-19/h6-13H,14H2,1-5H3,(H,24,26)/b23-15-. The molecular weight excluding hydrogens is 426 g/mol. The number of hydrogen-bond donors (Lipinski definition) is 1. The third-order valence-corrected chi connectivity index (χ3v) is 6.49. The van der Waals surface area contributed by atoms with Gasteiger partial charge in [-0.3, -0.25) is 9.10 Å². The lowest BCUT2D eigenvalue weighted by molar-refractivity contribution is -0.119. The van der Waals surface area contributed by atoms with Gasteiger partial charge in [-0.05, 0) is 49.4 Å². The first-order chi connectivity index (χ1) is 13.9. The number of anilines is 1. The molecule has 0 unspecified atom stereocenters. The number of rotatable bonds is 7. The van der Waals surface area contributed by atoms with Crippen LogP contribution in [0, 0.1) is 5.41 Å². The zero-order chi connectivity index (χ0) is 22.5. The molecule has 162 valence electrons. The second-order valence-corrected chi connectivity index (χ2v) is 9.95. The number of benzene rings is 2. The van der Waals surface area contributed by atoms with Gasteiger partial charge in [-0.25, -0.2) is 13.8 Å². The lowest BCUT2D eigenvalue weighted by Crippen LogP contribution is -2.40. The Balaban J connectivity index is 2.39. The molecule has 0 spiro atoms. The summed E-state index contributed by atoms with van der Waals surface area (Å²) >= 11 is 6.05. The Kier molecular flexibility index (Phi) is 7.49. The highest BCUT2D eigenvalue weighted by molar-refractivity contribution is 7.92. The van der Waals surface area contributed by atoms with Crippen LogP contribution in [0.3, 0.4) is 0 Å². The van der Waals surface area contributed by atoms with Crippen molar-refractivity contribution in [3.8, 4) is 5.75 Å². The van der Waals surface area contributed by atoms with E-state index in [4.69, 9.17) is 16.3 Å². The van der Waals surface area contributed by atoms with Gasteiger partial charge in [0.15, 0.2) is 0 Å². The number of hydrogen-bond acceptors (Lipinski definition) is 5.